The zero-order valence-electron chi connectivity index (χ0n) is 19.8. The zero-order valence-corrected chi connectivity index (χ0v) is 21.3. The highest BCUT2D eigenvalue weighted by Crippen LogP contribution is 2.26. The molecule has 3 aromatic rings. The molecule has 36 heavy (non-hydrogen) atoms. The first-order chi connectivity index (χ1) is 17.1. The SMILES string of the molecule is COc1ccc(OC)c(C(=O)COC(=O)COc2ccc(N(C)S(=O)(=O)c3ccc(Cl)cc3)cc2)c1. The third kappa shape index (κ3) is 6.46. The first-order valence-electron chi connectivity index (χ1n) is 10.5. The summed E-state index contributed by atoms with van der Waals surface area (Å²) >= 11 is 5.83. The summed E-state index contributed by atoms with van der Waals surface area (Å²) in [6.45, 7) is -0.946. The fourth-order valence-corrected chi connectivity index (χ4v) is 4.42. The number of methoxy groups -OCH3 is 2. The second-order valence-electron chi connectivity index (χ2n) is 7.36. The van der Waals surface area contributed by atoms with Crippen LogP contribution >= 0.6 is 11.6 Å². The quantitative estimate of drug-likeness (QED) is 0.269. The van der Waals surface area contributed by atoms with Crippen molar-refractivity contribution in [2.24, 2.45) is 0 Å². The van der Waals surface area contributed by atoms with Crippen molar-refractivity contribution in [3.63, 3.8) is 0 Å². The van der Waals surface area contributed by atoms with Gasteiger partial charge < -0.3 is 18.9 Å². The van der Waals surface area contributed by atoms with E-state index >= 15 is 0 Å². The first-order valence-corrected chi connectivity index (χ1v) is 12.4. The van der Waals surface area contributed by atoms with Gasteiger partial charge in [-0.15, -0.1) is 0 Å². The Morgan fingerprint density at radius 2 is 1.50 bits per heavy atom. The van der Waals surface area contributed by atoms with E-state index in [1.807, 2.05) is 0 Å². The summed E-state index contributed by atoms with van der Waals surface area (Å²) < 4.78 is 47.4. The van der Waals surface area contributed by atoms with Crippen molar-refractivity contribution in [2.75, 3.05) is 38.8 Å². The van der Waals surface area contributed by atoms with E-state index in [-0.39, 0.29) is 10.5 Å². The van der Waals surface area contributed by atoms with E-state index in [9.17, 15) is 18.0 Å². The van der Waals surface area contributed by atoms with Crippen molar-refractivity contribution in [1.29, 1.82) is 0 Å². The van der Waals surface area contributed by atoms with Crippen LogP contribution in [0.1, 0.15) is 10.4 Å². The van der Waals surface area contributed by atoms with Crippen LogP contribution in [0.3, 0.4) is 0 Å². The van der Waals surface area contributed by atoms with E-state index in [2.05, 4.69) is 0 Å². The van der Waals surface area contributed by atoms with Crippen LogP contribution in [0.5, 0.6) is 17.2 Å². The Hall–Kier alpha value is -3.76. The molecule has 0 unspecified atom stereocenters. The van der Waals surface area contributed by atoms with Crippen LogP contribution in [0.15, 0.2) is 71.6 Å². The average molecular weight is 534 g/mol. The van der Waals surface area contributed by atoms with Crippen LogP contribution in [0, 0.1) is 0 Å². The molecule has 0 aliphatic heterocycles. The van der Waals surface area contributed by atoms with Crippen molar-refractivity contribution in [2.45, 2.75) is 4.90 Å². The standard InChI is InChI=1S/C25H24ClNO8S/c1-27(36(30,31)21-11-4-17(26)5-12-21)18-6-8-19(9-7-18)34-16-25(29)35-15-23(28)22-14-20(32-2)10-13-24(22)33-3/h4-14H,15-16H2,1-3H3. The van der Waals surface area contributed by atoms with Gasteiger partial charge in [0.05, 0.1) is 30.4 Å². The number of esters is 1. The molecule has 0 heterocycles. The van der Waals surface area contributed by atoms with Crippen LogP contribution in [-0.4, -0.2) is 54.7 Å². The second-order valence-corrected chi connectivity index (χ2v) is 9.76. The lowest BCUT2D eigenvalue weighted by molar-refractivity contribution is -0.144. The molecule has 0 aliphatic carbocycles. The molecule has 190 valence electrons. The maximum absolute atomic E-state index is 12.8. The predicted octanol–water partition coefficient (Wildman–Crippen LogP) is 3.99. The Labute approximate surface area is 214 Å². The van der Waals surface area contributed by atoms with Gasteiger partial charge >= 0.3 is 5.97 Å². The number of halogens is 1. The van der Waals surface area contributed by atoms with E-state index in [1.165, 1.54) is 75.9 Å². The van der Waals surface area contributed by atoms with Crippen LogP contribution in [-0.2, 0) is 19.6 Å². The number of anilines is 1. The number of benzene rings is 3. The predicted molar refractivity (Wildman–Crippen MR) is 134 cm³/mol. The summed E-state index contributed by atoms with van der Waals surface area (Å²) in [5.74, 6) is -0.112. The van der Waals surface area contributed by atoms with Gasteiger partial charge in [0.25, 0.3) is 10.0 Å². The van der Waals surface area contributed by atoms with E-state index in [4.69, 9.17) is 30.5 Å². The summed E-state index contributed by atoms with van der Waals surface area (Å²) in [5, 5.41) is 0.432. The van der Waals surface area contributed by atoms with Crippen molar-refractivity contribution in [1.82, 2.24) is 0 Å². The summed E-state index contributed by atoms with van der Waals surface area (Å²) in [6, 6.07) is 16.7. The van der Waals surface area contributed by atoms with Gasteiger partial charge in [-0.1, -0.05) is 11.6 Å². The molecule has 0 bridgehead atoms. The lowest BCUT2D eigenvalue weighted by Crippen LogP contribution is -2.26. The lowest BCUT2D eigenvalue weighted by Gasteiger charge is -2.20. The Balaban J connectivity index is 1.55. The number of carbonyl (C=O) groups is 2. The third-order valence-electron chi connectivity index (χ3n) is 5.10. The molecule has 9 nitrogen and oxygen atoms in total. The molecule has 0 saturated carbocycles. The summed E-state index contributed by atoms with van der Waals surface area (Å²) in [7, 11) is 0.532. The molecule has 0 N–H and O–H groups in total. The van der Waals surface area contributed by atoms with Crippen molar-refractivity contribution >= 4 is 39.1 Å². The monoisotopic (exact) mass is 533 g/mol. The Morgan fingerprint density at radius 1 is 0.861 bits per heavy atom. The number of sulfonamides is 1. The van der Waals surface area contributed by atoms with E-state index in [1.54, 1.807) is 12.1 Å². The Bertz CT molecular complexity index is 1330. The summed E-state index contributed by atoms with van der Waals surface area (Å²) in [4.78, 5) is 24.6. The molecule has 0 spiro atoms. The fourth-order valence-electron chi connectivity index (χ4n) is 3.10. The maximum atomic E-state index is 12.8. The largest absolute Gasteiger partial charge is 0.497 e. The lowest BCUT2D eigenvalue weighted by atomic mass is 10.1. The Kier molecular flexibility index (Phi) is 8.78. The minimum absolute atomic E-state index is 0.0959. The van der Waals surface area contributed by atoms with E-state index < -0.39 is 35.0 Å². The summed E-state index contributed by atoms with van der Waals surface area (Å²) in [5.41, 5.74) is 0.608. The van der Waals surface area contributed by atoms with Gasteiger partial charge in [-0.25, -0.2) is 13.2 Å². The van der Waals surface area contributed by atoms with Gasteiger partial charge in [0, 0.05) is 12.1 Å². The molecule has 0 atom stereocenters. The van der Waals surface area contributed by atoms with E-state index in [0.29, 0.717) is 28.0 Å². The number of Topliss-reactive ketones (excluding diaryl/α,β-unsaturated/α-hetero) is 1. The fraction of sp³-hybridized carbons (Fsp3) is 0.200. The molecule has 3 rings (SSSR count). The molecule has 11 heteroatoms. The second kappa shape index (κ2) is 11.8. The van der Waals surface area contributed by atoms with Gasteiger partial charge in [-0.05, 0) is 66.7 Å². The van der Waals surface area contributed by atoms with Crippen molar-refractivity contribution in [3.8, 4) is 17.2 Å². The minimum atomic E-state index is -3.78. The number of ether oxygens (including phenoxy) is 4. The smallest absolute Gasteiger partial charge is 0.344 e. The molecule has 0 aliphatic rings. The zero-order chi connectivity index (χ0) is 26.3. The number of hydrogen-bond donors (Lipinski definition) is 0. The molecular weight excluding hydrogens is 510 g/mol. The molecule has 3 aromatic carbocycles. The number of ketones is 1. The van der Waals surface area contributed by atoms with Crippen LogP contribution < -0.4 is 18.5 Å². The third-order valence-corrected chi connectivity index (χ3v) is 7.15. The highest BCUT2D eigenvalue weighted by atomic mass is 35.5. The van der Waals surface area contributed by atoms with Gasteiger partial charge in [-0.3, -0.25) is 9.10 Å². The maximum Gasteiger partial charge on any atom is 0.344 e. The highest BCUT2D eigenvalue weighted by molar-refractivity contribution is 7.92. The average Bonchev–Trinajstić information content (AvgIpc) is 2.90. The van der Waals surface area contributed by atoms with E-state index in [0.717, 1.165) is 4.31 Å². The molecule has 0 saturated heterocycles. The normalized spacial score (nSPS) is 10.9. The van der Waals surface area contributed by atoms with Gasteiger partial charge in [-0.2, -0.15) is 0 Å². The first kappa shape index (κ1) is 26.8. The van der Waals surface area contributed by atoms with Crippen molar-refractivity contribution in [3.05, 3.63) is 77.3 Å². The topological polar surface area (TPSA) is 108 Å². The highest BCUT2D eigenvalue weighted by Gasteiger charge is 2.21. The summed E-state index contributed by atoms with van der Waals surface area (Å²) in [6.07, 6.45) is 0. The van der Waals surface area contributed by atoms with Gasteiger partial charge in [0.1, 0.15) is 17.2 Å². The number of rotatable bonds is 11. The molecular formula is C25H24ClNO8S. The van der Waals surface area contributed by atoms with Gasteiger partial charge in [0.15, 0.2) is 13.2 Å². The number of hydrogen-bond acceptors (Lipinski definition) is 8. The van der Waals surface area contributed by atoms with Gasteiger partial charge in [0.2, 0.25) is 5.78 Å². The van der Waals surface area contributed by atoms with Crippen LogP contribution in [0.4, 0.5) is 5.69 Å². The molecule has 0 aromatic heterocycles. The van der Waals surface area contributed by atoms with Crippen LogP contribution in [0.25, 0.3) is 0 Å². The minimum Gasteiger partial charge on any atom is -0.497 e. The number of nitrogens with zero attached hydrogens (tertiary/aromatic N) is 1. The van der Waals surface area contributed by atoms with Crippen molar-refractivity contribution < 1.29 is 37.0 Å². The Morgan fingerprint density at radius 3 is 2.11 bits per heavy atom. The van der Waals surface area contributed by atoms with Crippen LogP contribution in [0.2, 0.25) is 5.02 Å². The molecule has 0 amide bonds. The number of carbonyl (C=O) groups excluding carboxylic acids is 2. The molecule has 0 radical (unpaired) electrons. The molecule has 0 fully saturated rings.